The molecule has 2 N–H and O–H groups in total. The number of aromatic nitrogens is 2. The van der Waals surface area contributed by atoms with Crippen molar-refractivity contribution in [3.8, 4) is 0 Å². The van der Waals surface area contributed by atoms with Gasteiger partial charge in [0.05, 0.1) is 6.33 Å². The number of hydrogen-bond acceptors (Lipinski definition) is 3. The molecule has 1 heterocycles. The van der Waals surface area contributed by atoms with Crippen molar-refractivity contribution in [3.63, 3.8) is 0 Å². The Morgan fingerprint density at radius 2 is 2.10 bits per heavy atom. The van der Waals surface area contributed by atoms with Crippen molar-refractivity contribution in [1.82, 2.24) is 14.9 Å². The fourth-order valence-electron chi connectivity index (χ4n) is 2.01. The van der Waals surface area contributed by atoms with Gasteiger partial charge in [0.15, 0.2) is 0 Å². The summed E-state index contributed by atoms with van der Waals surface area (Å²) in [6, 6.07) is 7.54. The molecule has 2 aromatic rings. The zero-order valence-corrected chi connectivity index (χ0v) is 11.8. The van der Waals surface area contributed by atoms with Crippen molar-refractivity contribution < 1.29 is 4.79 Å². The van der Waals surface area contributed by atoms with Gasteiger partial charge in [-0.25, -0.2) is 4.98 Å². The molecule has 106 valence electrons. The Labute approximate surface area is 119 Å². The van der Waals surface area contributed by atoms with Crippen LogP contribution in [-0.4, -0.2) is 28.0 Å². The Kier molecular flexibility index (Phi) is 4.76. The number of carbonyl (C=O) groups excluding carboxylic acids is 1. The van der Waals surface area contributed by atoms with Crippen LogP contribution < -0.4 is 10.6 Å². The van der Waals surface area contributed by atoms with Crippen molar-refractivity contribution in [3.05, 3.63) is 48.5 Å². The van der Waals surface area contributed by atoms with E-state index >= 15 is 0 Å². The summed E-state index contributed by atoms with van der Waals surface area (Å²) in [6.07, 6.45) is 5.36. The lowest BCUT2D eigenvalue weighted by atomic mass is 10.2. The van der Waals surface area contributed by atoms with Gasteiger partial charge in [0, 0.05) is 42.8 Å². The molecule has 1 amide bonds. The second kappa shape index (κ2) is 6.75. The van der Waals surface area contributed by atoms with Crippen LogP contribution in [0.2, 0.25) is 0 Å². The highest BCUT2D eigenvalue weighted by molar-refractivity contribution is 5.94. The first kappa shape index (κ1) is 14.1. The molecule has 0 bridgehead atoms. The van der Waals surface area contributed by atoms with E-state index in [-0.39, 0.29) is 11.9 Å². The number of imidazole rings is 1. The van der Waals surface area contributed by atoms with Gasteiger partial charge in [-0.15, -0.1) is 0 Å². The molecule has 0 aliphatic rings. The molecule has 1 aromatic carbocycles. The van der Waals surface area contributed by atoms with Gasteiger partial charge >= 0.3 is 0 Å². The van der Waals surface area contributed by atoms with Gasteiger partial charge in [-0.05, 0) is 38.1 Å². The molecule has 0 saturated carbocycles. The fourth-order valence-corrected chi connectivity index (χ4v) is 2.01. The van der Waals surface area contributed by atoms with Gasteiger partial charge in [0.2, 0.25) is 0 Å². The van der Waals surface area contributed by atoms with Crippen molar-refractivity contribution >= 4 is 11.6 Å². The Morgan fingerprint density at radius 3 is 2.70 bits per heavy atom. The molecule has 0 saturated heterocycles. The summed E-state index contributed by atoms with van der Waals surface area (Å²) in [5.41, 5.74) is 1.69. The Bertz CT molecular complexity index is 534. The van der Waals surface area contributed by atoms with Crippen molar-refractivity contribution in [2.75, 3.05) is 11.9 Å². The van der Waals surface area contributed by atoms with Crippen LogP contribution in [-0.2, 0) is 6.54 Å². The Balaban J connectivity index is 1.90. The molecule has 20 heavy (non-hydrogen) atoms. The third kappa shape index (κ3) is 3.85. The van der Waals surface area contributed by atoms with Gasteiger partial charge in [-0.1, -0.05) is 0 Å². The summed E-state index contributed by atoms with van der Waals surface area (Å²) >= 11 is 0. The van der Waals surface area contributed by atoms with E-state index in [1.807, 2.05) is 48.9 Å². The third-order valence-electron chi connectivity index (χ3n) is 2.95. The first-order chi connectivity index (χ1) is 9.69. The van der Waals surface area contributed by atoms with Gasteiger partial charge in [0.1, 0.15) is 0 Å². The Hall–Kier alpha value is -2.30. The summed E-state index contributed by atoms with van der Waals surface area (Å²) in [6.45, 7) is 5.60. The minimum absolute atomic E-state index is 0.0464. The molecular weight excluding hydrogens is 252 g/mol. The van der Waals surface area contributed by atoms with E-state index in [9.17, 15) is 4.79 Å². The topological polar surface area (TPSA) is 59.0 Å². The molecule has 5 heteroatoms. The van der Waals surface area contributed by atoms with E-state index in [4.69, 9.17) is 0 Å². The van der Waals surface area contributed by atoms with Crippen LogP contribution in [0.3, 0.4) is 0 Å². The third-order valence-corrected chi connectivity index (χ3v) is 2.95. The average molecular weight is 272 g/mol. The molecule has 0 aliphatic heterocycles. The molecule has 0 fully saturated rings. The number of anilines is 1. The van der Waals surface area contributed by atoms with E-state index in [0.717, 1.165) is 12.2 Å². The predicted molar refractivity (Wildman–Crippen MR) is 79.8 cm³/mol. The summed E-state index contributed by atoms with van der Waals surface area (Å²) in [5.74, 6) is -0.0549. The summed E-state index contributed by atoms with van der Waals surface area (Å²) in [4.78, 5) is 16.1. The minimum atomic E-state index is -0.0549. The van der Waals surface area contributed by atoms with Crippen LogP contribution in [0, 0.1) is 0 Å². The molecule has 0 radical (unpaired) electrons. The number of rotatable bonds is 6. The number of carbonyl (C=O) groups is 1. The Morgan fingerprint density at radius 1 is 1.35 bits per heavy atom. The zero-order valence-electron chi connectivity index (χ0n) is 11.8. The zero-order chi connectivity index (χ0) is 14.4. The highest BCUT2D eigenvalue weighted by Crippen LogP contribution is 2.09. The van der Waals surface area contributed by atoms with Crippen LogP contribution in [0.5, 0.6) is 0 Å². The summed E-state index contributed by atoms with van der Waals surface area (Å²) < 4.78 is 1.94. The second-order valence-electron chi connectivity index (χ2n) is 4.74. The molecule has 2 rings (SSSR count). The van der Waals surface area contributed by atoms with E-state index in [0.29, 0.717) is 12.1 Å². The molecule has 5 nitrogen and oxygen atoms in total. The maximum Gasteiger partial charge on any atom is 0.251 e. The monoisotopic (exact) mass is 272 g/mol. The number of nitrogens with one attached hydrogen (secondary N) is 2. The first-order valence-electron chi connectivity index (χ1n) is 6.79. The quantitative estimate of drug-likeness (QED) is 0.847. The largest absolute Gasteiger partial charge is 0.385 e. The molecule has 0 spiro atoms. The van der Waals surface area contributed by atoms with E-state index in [2.05, 4.69) is 15.6 Å². The second-order valence-corrected chi connectivity index (χ2v) is 4.74. The fraction of sp³-hybridized carbons (Fsp3) is 0.333. The maximum absolute atomic E-state index is 12.1. The van der Waals surface area contributed by atoms with Crippen molar-refractivity contribution in [2.24, 2.45) is 0 Å². The predicted octanol–water partition coefficient (Wildman–Crippen LogP) is 2.13. The molecule has 1 unspecified atom stereocenters. The van der Waals surface area contributed by atoms with Crippen molar-refractivity contribution in [1.29, 1.82) is 0 Å². The van der Waals surface area contributed by atoms with E-state index in [1.54, 1.807) is 12.5 Å². The number of amides is 1. The number of benzene rings is 1. The lowest BCUT2D eigenvalue weighted by molar-refractivity contribution is 0.0936. The highest BCUT2D eigenvalue weighted by atomic mass is 16.1. The van der Waals surface area contributed by atoms with Crippen LogP contribution in [0.1, 0.15) is 24.2 Å². The lowest BCUT2D eigenvalue weighted by Crippen LogP contribution is -2.35. The number of nitrogens with zero attached hydrogens (tertiary/aromatic N) is 2. The summed E-state index contributed by atoms with van der Waals surface area (Å²) in [5, 5.41) is 6.18. The average Bonchev–Trinajstić information content (AvgIpc) is 2.92. The molecular formula is C15H20N4O. The van der Waals surface area contributed by atoms with Gasteiger partial charge in [-0.2, -0.15) is 0 Å². The highest BCUT2D eigenvalue weighted by Gasteiger charge is 2.09. The van der Waals surface area contributed by atoms with Gasteiger partial charge in [0.25, 0.3) is 5.91 Å². The van der Waals surface area contributed by atoms with Crippen LogP contribution in [0.4, 0.5) is 5.69 Å². The smallest absolute Gasteiger partial charge is 0.251 e. The maximum atomic E-state index is 12.1. The standard InChI is InChI=1S/C15H20N4O/c1-3-17-14-6-4-13(5-7-14)15(20)18-12(2)10-19-9-8-16-11-19/h4-9,11-12,17H,3,10H2,1-2H3,(H,18,20). The molecule has 1 atom stereocenters. The van der Waals surface area contributed by atoms with E-state index in [1.165, 1.54) is 0 Å². The van der Waals surface area contributed by atoms with Crippen LogP contribution >= 0.6 is 0 Å². The van der Waals surface area contributed by atoms with Gasteiger partial charge in [-0.3, -0.25) is 4.79 Å². The van der Waals surface area contributed by atoms with Crippen LogP contribution in [0.25, 0.3) is 0 Å². The summed E-state index contributed by atoms with van der Waals surface area (Å²) in [7, 11) is 0. The van der Waals surface area contributed by atoms with Crippen LogP contribution in [0.15, 0.2) is 43.0 Å². The lowest BCUT2D eigenvalue weighted by Gasteiger charge is -2.14. The first-order valence-corrected chi connectivity index (χ1v) is 6.79. The van der Waals surface area contributed by atoms with E-state index < -0.39 is 0 Å². The van der Waals surface area contributed by atoms with Gasteiger partial charge < -0.3 is 15.2 Å². The SMILES string of the molecule is CCNc1ccc(C(=O)NC(C)Cn2ccnc2)cc1. The number of hydrogen-bond donors (Lipinski definition) is 2. The molecule has 1 aromatic heterocycles. The normalized spacial score (nSPS) is 11.9. The van der Waals surface area contributed by atoms with Crippen molar-refractivity contribution in [2.45, 2.75) is 26.4 Å². The minimum Gasteiger partial charge on any atom is -0.385 e. The molecule has 0 aliphatic carbocycles.